The van der Waals surface area contributed by atoms with Crippen LogP contribution in [0.25, 0.3) is 10.9 Å². The SMILES string of the molecule is COc1cc(F)ccc1OCCNC1CCC(c2c[nH]c3ccc(F)cc23)CC1. The predicted octanol–water partition coefficient (Wildman–Crippen LogP) is 5.15. The Morgan fingerprint density at radius 2 is 1.76 bits per heavy atom. The van der Waals surface area contributed by atoms with Crippen molar-refractivity contribution in [3.63, 3.8) is 0 Å². The summed E-state index contributed by atoms with van der Waals surface area (Å²) in [5, 5.41) is 4.55. The molecule has 0 aliphatic heterocycles. The summed E-state index contributed by atoms with van der Waals surface area (Å²) >= 11 is 0. The van der Waals surface area contributed by atoms with Crippen LogP contribution in [-0.4, -0.2) is 31.3 Å². The van der Waals surface area contributed by atoms with Gasteiger partial charge in [-0.25, -0.2) is 8.78 Å². The van der Waals surface area contributed by atoms with Crippen molar-refractivity contribution in [2.45, 2.75) is 37.6 Å². The third-order valence-electron chi connectivity index (χ3n) is 5.76. The summed E-state index contributed by atoms with van der Waals surface area (Å²) in [6.45, 7) is 1.21. The molecule has 2 N–H and O–H groups in total. The molecule has 1 saturated carbocycles. The van der Waals surface area contributed by atoms with E-state index in [-0.39, 0.29) is 11.6 Å². The molecule has 0 radical (unpaired) electrons. The van der Waals surface area contributed by atoms with E-state index in [4.69, 9.17) is 9.47 Å². The van der Waals surface area contributed by atoms with E-state index in [0.29, 0.717) is 36.6 Å². The number of methoxy groups -OCH3 is 1. The van der Waals surface area contributed by atoms with Crippen molar-refractivity contribution in [2.24, 2.45) is 0 Å². The van der Waals surface area contributed by atoms with E-state index < -0.39 is 0 Å². The Hall–Kier alpha value is -2.60. The molecule has 0 spiro atoms. The highest BCUT2D eigenvalue weighted by molar-refractivity contribution is 5.83. The molecule has 4 nitrogen and oxygen atoms in total. The average Bonchev–Trinajstić information content (AvgIpc) is 3.15. The van der Waals surface area contributed by atoms with E-state index in [0.717, 1.165) is 36.6 Å². The van der Waals surface area contributed by atoms with E-state index in [9.17, 15) is 8.78 Å². The van der Waals surface area contributed by atoms with Crippen molar-refractivity contribution >= 4 is 10.9 Å². The number of hydrogen-bond donors (Lipinski definition) is 2. The molecule has 2 aromatic carbocycles. The lowest BCUT2D eigenvalue weighted by atomic mass is 9.81. The number of rotatable bonds is 7. The van der Waals surface area contributed by atoms with Gasteiger partial charge in [-0.3, -0.25) is 0 Å². The lowest BCUT2D eigenvalue weighted by Gasteiger charge is -2.29. The highest BCUT2D eigenvalue weighted by Crippen LogP contribution is 2.36. The Morgan fingerprint density at radius 3 is 2.55 bits per heavy atom. The van der Waals surface area contributed by atoms with Crippen LogP contribution in [0.3, 0.4) is 0 Å². The zero-order chi connectivity index (χ0) is 20.2. The van der Waals surface area contributed by atoms with Crippen LogP contribution in [-0.2, 0) is 0 Å². The van der Waals surface area contributed by atoms with Gasteiger partial charge in [-0.05, 0) is 67.5 Å². The van der Waals surface area contributed by atoms with E-state index >= 15 is 0 Å². The molecule has 29 heavy (non-hydrogen) atoms. The third-order valence-corrected chi connectivity index (χ3v) is 5.76. The summed E-state index contributed by atoms with van der Waals surface area (Å²) in [4.78, 5) is 3.26. The number of aromatic amines is 1. The van der Waals surface area contributed by atoms with Crippen molar-refractivity contribution in [3.05, 3.63) is 59.8 Å². The van der Waals surface area contributed by atoms with Crippen molar-refractivity contribution in [1.29, 1.82) is 0 Å². The maximum atomic E-state index is 13.6. The number of nitrogens with one attached hydrogen (secondary N) is 2. The quantitative estimate of drug-likeness (QED) is 0.539. The molecule has 3 aromatic rings. The summed E-state index contributed by atoms with van der Waals surface area (Å²) in [5.41, 5.74) is 2.22. The lowest BCUT2D eigenvalue weighted by Crippen LogP contribution is -2.35. The average molecular weight is 400 g/mol. The van der Waals surface area contributed by atoms with Crippen LogP contribution in [0.5, 0.6) is 11.5 Å². The van der Waals surface area contributed by atoms with E-state index in [1.54, 1.807) is 18.2 Å². The Kier molecular flexibility index (Phi) is 6.00. The Morgan fingerprint density at radius 1 is 1.00 bits per heavy atom. The van der Waals surface area contributed by atoms with E-state index in [1.807, 2.05) is 6.20 Å². The topological polar surface area (TPSA) is 46.3 Å². The fraction of sp³-hybridized carbons (Fsp3) is 0.391. The highest BCUT2D eigenvalue weighted by Gasteiger charge is 2.24. The van der Waals surface area contributed by atoms with Crippen LogP contribution >= 0.6 is 0 Å². The van der Waals surface area contributed by atoms with Crippen molar-refractivity contribution < 1.29 is 18.3 Å². The largest absolute Gasteiger partial charge is 0.493 e. The summed E-state index contributed by atoms with van der Waals surface area (Å²) in [5.74, 6) is 0.878. The molecule has 0 saturated heterocycles. The monoisotopic (exact) mass is 400 g/mol. The third kappa shape index (κ3) is 4.53. The number of H-pyrrole nitrogens is 1. The second-order valence-electron chi connectivity index (χ2n) is 7.58. The number of benzene rings is 2. The molecule has 0 bridgehead atoms. The van der Waals surface area contributed by atoms with E-state index in [1.165, 1.54) is 30.9 Å². The minimum atomic E-state index is -0.345. The van der Waals surface area contributed by atoms with Gasteiger partial charge in [0.25, 0.3) is 0 Å². The fourth-order valence-corrected chi connectivity index (χ4v) is 4.25. The van der Waals surface area contributed by atoms with Crippen LogP contribution in [0.4, 0.5) is 8.78 Å². The minimum Gasteiger partial charge on any atom is -0.493 e. The first-order valence-corrected chi connectivity index (χ1v) is 10.1. The van der Waals surface area contributed by atoms with Gasteiger partial charge < -0.3 is 19.8 Å². The van der Waals surface area contributed by atoms with Gasteiger partial charge in [0.05, 0.1) is 7.11 Å². The minimum absolute atomic E-state index is 0.188. The molecule has 1 aliphatic carbocycles. The Labute approximate surface area is 169 Å². The molecule has 0 amide bonds. The van der Waals surface area contributed by atoms with Gasteiger partial charge in [0.1, 0.15) is 18.2 Å². The molecule has 1 aliphatic rings. The van der Waals surface area contributed by atoms with Gasteiger partial charge in [0.2, 0.25) is 0 Å². The number of aromatic nitrogens is 1. The second-order valence-corrected chi connectivity index (χ2v) is 7.58. The predicted molar refractivity (Wildman–Crippen MR) is 110 cm³/mol. The maximum Gasteiger partial charge on any atom is 0.163 e. The van der Waals surface area contributed by atoms with E-state index in [2.05, 4.69) is 10.3 Å². The van der Waals surface area contributed by atoms with Crippen LogP contribution in [0.15, 0.2) is 42.6 Å². The normalized spacial score (nSPS) is 19.4. The Balaban J connectivity index is 1.25. The van der Waals surface area contributed by atoms with Gasteiger partial charge in [-0.15, -0.1) is 0 Å². The summed E-state index contributed by atoms with van der Waals surface area (Å²) in [6, 6.07) is 9.65. The van der Waals surface area contributed by atoms with Crippen LogP contribution in [0.2, 0.25) is 0 Å². The summed E-state index contributed by atoms with van der Waals surface area (Å²) < 4.78 is 37.7. The van der Waals surface area contributed by atoms with Crippen molar-refractivity contribution in [1.82, 2.24) is 10.3 Å². The maximum absolute atomic E-state index is 13.6. The van der Waals surface area contributed by atoms with Crippen LogP contribution in [0.1, 0.15) is 37.2 Å². The second kappa shape index (κ2) is 8.82. The lowest BCUT2D eigenvalue weighted by molar-refractivity contribution is 0.270. The Bertz CT molecular complexity index is 965. The first-order chi connectivity index (χ1) is 14.1. The zero-order valence-electron chi connectivity index (χ0n) is 16.5. The number of halogens is 2. The van der Waals surface area contributed by atoms with Crippen LogP contribution in [0, 0.1) is 11.6 Å². The fourth-order valence-electron chi connectivity index (χ4n) is 4.25. The summed E-state index contributed by atoms with van der Waals surface area (Å²) in [6.07, 6.45) is 6.34. The number of ether oxygens (including phenoxy) is 2. The van der Waals surface area contributed by atoms with Crippen LogP contribution < -0.4 is 14.8 Å². The number of hydrogen-bond acceptors (Lipinski definition) is 3. The number of fused-ring (bicyclic) bond motifs is 1. The van der Waals surface area contributed by atoms with Gasteiger partial charge in [-0.2, -0.15) is 0 Å². The molecule has 1 heterocycles. The van der Waals surface area contributed by atoms with Gasteiger partial charge in [-0.1, -0.05) is 0 Å². The van der Waals surface area contributed by atoms with Crippen molar-refractivity contribution in [2.75, 3.05) is 20.3 Å². The molecular formula is C23H26F2N2O2. The first kappa shape index (κ1) is 19.7. The first-order valence-electron chi connectivity index (χ1n) is 10.1. The molecule has 1 aromatic heterocycles. The zero-order valence-corrected chi connectivity index (χ0v) is 16.5. The molecule has 0 unspecified atom stereocenters. The van der Waals surface area contributed by atoms with Crippen molar-refractivity contribution in [3.8, 4) is 11.5 Å². The molecule has 154 valence electrons. The summed E-state index contributed by atoms with van der Waals surface area (Å²) in [7, 11) is 1.50. The molecule has 1 fully saturated rings. The molecule has 0 atom stereocenters. The molecule has 4 rings (SSSR count). The van der Waals surface area contributed by atoms with Gasteiger partial charge in [0.15, 0.2) is 11.5 Å². The smallest absolute Gasteiger partial charge is 0.163 e. The standard InChI is InChI=1S/C23H26F2N2O2/c1-28-23-13-17(25)5-9-22(23)29-11-10-26-18-6-2-15(3-7-18)20-14-27-21-8-4-16(24)12-19(20)21/h4-5,8-9,12-15,18,26-27H,2-3,6-7,10-11H2,1H3. The molecule has 6 heteroatoms. The van der Waals surface area contributed by atoms with Gasteiger partial charge >= 0.3 is 0 Å². The van der Waals surface area contributed by atoms with Gasteiger partial charge in [0, 0.05) is 35.8 Å². The highest BCUT2D eigenvalue weighted by atomic mass is 19.1. The molecular weight excluding hydrogens is 374 g/mol.